The van der Waals surface area contributed by atoms with Crippen LogP contribution in [0.25, 0.3) is 0 Å². The van der Waals surface area contributed by atoms with Gasteiger partial charge in [0, 0.05) is 24.9 Å². The fourth-order valence-corrected chi connectivity index (χ4v) is 3.60. The van der Waals surface area contributed by atoms with E-state index < -0.39 is 9.84 Å². The Balaban J connectivity index is 2.18. The highest BCUT2D eigenvalue weighted by Crippen LogP contribution is 2.28. The van der Waals surface area contributed by atoms with Gasteiger partial charge in [0.1, 0.15) is 0 Å². The molecule has 1 saturated heterocycles. The van der Waals surface area contributed by atoms with Gasteiger partial charge in [0.15, 0.2) is 9.84 Å². The lowest BCUT2D eigenvalue weighted by atomic mass is 9.97. The normalized spacial score (nSPS) is 22.6. The van der Waals surface area contributed by atoms with E-state index in [0.717, 1.165) is 18.5 Å². The zero-order valence-electron chi connectivity index (χ0n) is 12.2. The van der Waals surface area contributed by atoms with Crippen molar-refractivity contribution in [3.8, 4) is 0 Å². The molecule has 1 heterocycles. The van der Waals surface area contributed by atoms with Crippen LogP contribution in [0.15, 0.2) is 29.2 Å². The molecular formula is C15H24N2O2S. The number of rotatable bonds is 4. The summed E-state index contributed by atoms with van der Waals surface area (Å²) in [7, 11) is -3.12. The quantitative estimate of drug-likeness (QED) is 0.922. The summed E-state index contributed by atoms with van der Waals surface area (Å²) in [6, 6.07) is 7.95. The van der Waals surface area contributed by atoms with Gasteiger partial charge in [0.05, 0.1) is 4.90 Å². The molecule has 1 aromatic carbocycles. The van der Waals surface area contributed by atoms with Crippen molar-refractivity contribution in [2.24, 2.45) is 5.73 Å². The third-order valence-corrected chi connectivity index (χ3v) is 5.36. The fraction of sp³-hybridized carbons (Fsp3) is 0.600. The number of likely N-dealkylation sites (tertiary alicyclic amines) is 1. The summed E-state index contributed by atoms with van der Waals surface area (Å²) in [5.74, 6) is 0. The molecular weight excluding hydrogens is 272 g/mol. The molecule has 0 saturated carbocycles. The van der Waals surface area contributed by atoms with Crippen molar-refractivity contribution >= 4 is 9.84 Å². The lowest BCUT2D eigenvalue weighted by Gasteiger charge is -2.39. The molecule has 1 aliphatic rings. The number of nitrogens with two attached hydrogens (primary N) is 1. The molecule has 1 aromatic rings. The second-order valence-corrected chi connectivity index (χ2v) is 7.66. The number of piperidine rings is 1. The molecule has 4 nitrogen and oxygen atoms in total. The Hall–Kier alpha value is -0.910. The van der Waals surface area contributed by atoms with Gasteiger partial charge in [0.2, 0.25) is 0 Å². The van der Waals surface area contributed by atoms with E-state index in [-0.39, 0.29) is 6.04 Å². The number of hydrogen-bond acceptors (Lipinski definition) is 4. The summed E-state index contributed by atoms with van der Waals surface area (Å²) in [6.45, 7) is 3.92. The molecule has 5 heteroatoms. The Bertz CT molecular complexity index is 539. The van der Waals surface area contributed by atoms with Crippen molar-refractivity contribution in [2.45, 2.75) is 43.2 Å². The lowest BCUT2D eigenvalue weighted by Crippen LogP contribution is -2.45. The van der Waals surface area contributed by atoms with Crippen molar-refractivity contribution in [1.82, 2.24) is 4.90 Å². The van der Waals surface area contributed by atoms with Crippen LogP contribution in [0.1, 0.15) is 37.8 Å². The second-order valence-electron chi connectivity index (χ2n) is 5.64. The maximum atomic E-state index is 11.5. The lowest BCUT2D eigenvalue weighted by molar-refractivity contribution is 0.108. The summed E-state index contributed by atoms with van der Waals surface area (Å²) in [4.78, 5) is 2.82. The van der Waals surface area contributed by atoms with E-state index in [9.17, 15) is 8.42 Å². The molecule has 1 fully saturated rings. The minimum absolute atomic E-state index is 0.275. The summed E-state index contributed by atoms with van der Waals surface area (Å²) in [5, 5.41) is 0. The van der Waals surface area contributed by atoms with E-state index in [4.69, 9.17) is 5.73 Å². The molecule has 0 amide bonds. The van der Waals surface area contributed by atoms with Gasteiger partial charge in [-0.2, -0.15) is 0 Å². The van der Waals surface area contributed by atoms with Crippen molar-refractivity contribution in [1.29, 1.82) is 0 Å². The Morgan fingerprint density at radius 1 is 1.30 bits per heavy atom. The van der Waals surface area contributed by atoms with Gasteiger partial charge >= 0.3 is 0 Å². The molecule has 2 unspecified atom stereocenters. The first-order chi connectivity index (χ1) is 9.43. The summed E-state index contributed by atoms with van der Waals surface area (Å²) < 4.78 is 23.0. The van der Waals surface area contributed by atoms with Crippen molar-refractivity contribution in [2.75, 3.05) is 19.3 Å². The first kappa shape index (κ1) is 15.5. The van der Waals surface area contributed by atoms with Gasteiger partial charge in [-0.15, -0.1) is 0 Å². The molecule has 0 aromatic heterocycles. The Morgan fingerprint density at radius 2 is 1.95 bits per heavy atom. The molecule has 20 heavy (non-hydrogen) atoms. The zero-order valence-corrected chi connectivity index (χ0v) is 13.1. The molecule has 0 radical (unpaired) electrons. The Morgan fingerprint density at radius 3 is 2.50 bits per heavy atom. The maximum Gasteiger partial charge on any atom is 0.175 e. The van der Waals surface area contributed by atoms with Gasteiger partial charge < -0.3 is 5.73 Å². The average molecular weight is 296 g/mol. The summed E-state index contributed by atoms with van der Waals surface area (Å²) in [6.07, 6.45) is 4.85. The second kappa shape index (κ2) is 6.24. The van der Waals surface area contributed by atoms with Crippen LogP contribution in [0.3, 0.4) is 0 Å². The van der Waals surface area contributed by atoms with Crippen LogP contribution in [-0.2, 0) is 9.84 Å². The number of sulfone groups is 1. The summed E-state index contributed by atoms with van der Waals surface area (Å²) >= 11 is 0. The first-order valence-electron chi connectivity index (χ1n) is 7.19. The largest absolute Gasteiger partial charge is 0.329 e. The van der Waals surface area contributed by atoms with Crippen molar-refractivity contribution < 1.29 is 8.42 Å². The molecule has 0 aliphatic carbocycles. The minimum Gasteiger partial charge on any atom is -0.329 e. The van der Waals surface area contributed by atoms with Crippen LogP contribution in [-0.4, -0.2) is 38.7 Å². The van der Waals surface area contributed by atoms with Crippen molar-refractivity contribution in [3.05, 3.63) is 29.8 Å². The molecule has 0 spiro atoms. The number of benzene rings is 1. The molecule has 1 aliphatic heterocycles. The van der Waals surface area contributed by atoms with Crippen LogP contribution < -0.4 is 5.73 Å². The van der Waals surface area contributed by atoms with Crippen LogP contribution >= 0.6 is 0 Å². The van der Waals surface area contributed by atoms with Gasteiger partial charge in [-0.3, -0.25) is 4.90 Å². The third-order valence-electron chi connectivity index (χ3n) is 4.23. The van der Waals surface area contributed by atoms with Crippen LogP contribution in [0.4, 0.5) is 0 Å². The van der Waals surface area contributed by atoms with Gasteiger partial charge in [-0.1, -0.05) is 18.6 Å². The molecule has 112 valence electrons. The van der Waals surface area contributed by atoms with E-state index in [1.54, 1.807) is 12.1 Å². The molecule has 0 bridgehead atoms. The summed E-state index contributed by atoms with van der Waals surface area (Å²) in [5.41, 5.74) is 7.02. The van der Waals surface area contributed by atoms with Crippen LogP contribution in [0.5, 0.6) is 0 Å². The van der Waals surface area contributed by atoms with Gasteiger partial charge in [-0.05, 0) is 44.0 Å². The van der Waals surface area contributed by atoms with E-state index in [2.05, 4.69) is 11.8 Å². The highest BCUT2D eigenvalue weighted by molar-refractivity contribution is 7.90. The predicted octanol–water partition coefficient (Wildman–Crippen LogP) is 1.96. The molecule has 2 rings (SSSR count). The third kappa shape index (κ3) is 3.40. The topological polar surface area (TPSA) is 63.4 Å². The smallest absolute Gasteiger partial charge is 0.175 e. The highest BCUT2D eigenvalue weighted by Gasteiger charge is 2.26. The van der Waals surface area contributed by atoms with Crippen molar-refractivity contribution in [3.63, 3.8) is 0 Å². The Labute approximate surface area is 121 Å². The van der Waals surface area contributed by atoms with Gasteiger partial charge in [0.25, 0.3) is 0 Å². The molecule has 2 N–H and O–H groups in total. The SMILES string of the molecule is CC(c1ccc(S(C)(=O)=O)cc1)N1CCCCC1CN. The average Bonchev–Trinajstić information content (AvgIpc) is 2.45. The Kier molecular flexibility index (Phi) is 4.83. The monoisotopic (exact) mass is 296 g/mol. The van der Waals surface area contributed by atoms with E-state index in [0.29, 0.717) is 17.5 Å². The first-order valence-corrected chi connectivity index (χ1v) is 9.08. The van der Waals surface area contributed by atoms with Crippen LogP contribution in [0, 0.1) is 0 Å². The predicted molar refractivity (Wildman–Crippen MR) is 81.4 cm³/mol. The number of hydrogen-bond donors (Lipinski definition) is 1. The van der Waals surface area contributed by atoms with Gasteiger partial charge in [-0.25, -0.2) is 8.42 Å². The maximum absolute atomic E-state index is 11.5. The highest BCUT2D eigenvalue weighted by atomic mass is 32.2. The minimum atomic E-state index is -3.12. The number of nitrogens with zero attached hydrogens (tertiary/aromatic N) is 1. The standard InChI is InChI=1S/C15H24N2O2S/c1-12(17-10-4-3-5-14(17)11-16)13-6-8-15(9-7-13)20(2,18)19/h6-9,12,14H,3-5,10-11,16H2,1-2H3. The van der Waals surface area contributed by atoms with Crippen LogP contribution in [0.2, 0.25) is 0 Å². The van der Waals surface area contributed by atoms with E-state index >= 15 is 0 Å². The van der Waals surface area contributed by atoms with E-state index in [1.165, 1.54) is 19.1 Å². The zero-order chi connectivity index (χ0) is 14.8. The fourth-order valence-electron chi connectivity index (χ4n) is 2.97. The van der Waals surface area contributed by atoms with E-state index in [1.807, 2.05) is 12.1 Å². The molecule has 2 atom stereocenters.